The Morgan fingerprint density at radius 2 is 1.96 bits per heavy atom. The molecule has 1 aliphatic heterocycles. The first-order valence-electron chi connectivity index (χ1n) is 8.14. The van der Waals surface area contributed by atoms with Gasteiger partial charge in [-0.25, -0.2) is 8.42 Å². The lowest BCUT2D eigenvalue weighted by molar-refractivity contribution is -0.0498. The van der Waals surface area contributed by atoms with Crippen LogP contribution in [0.1, 0.15) is 6.42 Å². The van der Waals surface area contributed by atoms with E-state index in [0.29, 0.717) is 23.8 Å². The first-order valence-corrected chi connectivity index (χ1v) is 10.4. The van der Waals surface area contributed by atoms with Crippen LogP contribution in [0, 0.1) is 0 Å². The highest BCUT2D eigenvalue weighted by molar-refractivity contribution is 7.91. The number of hydrogen-bond donors (Lipinski definition) is 1. The molecule has 0 amide bonds. The molecule has 0 saturated carbocycles. The van der Waals surface area contributed by atoms with Crippen molar-refractivity contribution >= 4 is 32.9 Å². The van der Waals surface area contributed by atoms with Crippen LogP contribution in [0.25, 0.3) is 0 Å². The molecule has 2 rings (SSSR count). The standard InChI is InChI=1S/C16H23F2N3O3S2/c1-20(2)8-9-21(13-7-10-26(22,23)11-13)16(25)19-12-3-5-14(6-4-12)24-15(17)18/h3-6,13,15H,7-11H2,1-2H3,(H,19,25)/t13-/m1/s1. The van der Waals surface area contributed by atoms with Crippen molar-refractivity contribution in [3.8, 4) is 5.75 Å². The summed E-state index contributed by atoms with van der Waals surface area (Å²) < 4.78 is 52.4. The number of hydrogen-bond acceptors (Lipinski definition) is 5. The molecular formula is C16H23F2N3O3S2. The molecule has 1 aromatic rings. The van der Waals surface area contributed by atoms with Gasteiger partial charge in [-0.15, -0.1) is 0 Å². The molecule has 0 spiro atoms. The van der Waals surface area contributed by atoms with Crippen LogP contribution in [0.2, 0.25) is 0 Å². The molecule has 6 nitrogen and oxygen atoms in total. The van der Waals surface area contributed by atoms with E-state index in [0.717, 1.165) is 6.54 Å². The van der Waals surface area contributed by atoms with E-state index < -0.39 is 16.4 Å². The molecule has 1 saturated heterocycles. The topological polar surface area (TPSA) is 61.9 Å². The minimum absolute atomic E-state index is 0.0582. The van der Waals surface area contributed by atoms with E-state index in [9.17, 15) is 17.2 Å². The van der Waals surface area contributed by atoms with E-state index in [1.165, 1.54) is 12.1 Å². The highest BCUT2D eigenvalue weighted by atomic mass is 32.2. The van der Waals surface area contributed by atoms with E-state index >= 15 is 0 Å². The van der Waals surface area contributed by atoms with Crippen LogP contribution < -0.4 is 10.1 Å². The Morgan fingerprint density at radius 3 is 2.46 bits per heavy atom. The number of halogens is 2. The maximum atomic E-state index is 12.2. The quantitative estimate of drug-likeness (QED) is 0.694. The van der Waals surface area contributed by atoms with Crippen LogP contribution >= 0.6 is 12.2 Å². The number of alkyl halides is 2. The number of sulfone groups is 1. The molecule has 1 atom stereocenters. The fraction of sp³-hybridized carbons (Fsp3) is 0.562. The van der Waals surface area contributed by atoms with E-state index in [4.69, 9.17) is 12.2 Å². The predicted molar refractivity (Wildman–Crippen MR) is 102 cm³/mol. The number of ether oxygens (including phenoxy) is 1. The summed E-state index contributed by atoms with van der Waals surface area (Å²) in [6.45, 7) is -1.56. The van der Waals surface area contributed by atoms with Crippen LogP contribution in [-0.4, -0.2) is 74.7 Å². The third kappa shape index (κ3) is 6.33. The summed E-state index contributed by atoms with van der Waals surface area (Å²) in [4.78, 5) is 3.89. The van der Waals surface area contributed by atoms with Crippen LogP contribution in [-0.2, 0) is 9.84 Å². The van der Waals surface area contributed by atoms with Gasteiger partial charge < -0.3 is 19.9 Å². The molecule has 1 fully saturated rings. The number of likely N-dealkylation sites (N-methyl/N-ethyl adjacent to an activating group) is 1. The molecule has 1 aromatic carbocycles. The van der Waals surface area contributed by atoms with Crippen LogP contribution in [0.3, 0.4) is 0 Å². The van der Waals surface area contributed by atoms with Crippen molar-refractivity contribution in [3.05, 3.63) is 24.3 Å². The average molecular weight is 408 g/mol. The van der Waals surface area contributed by atoms with Gasteiger partial charge in [0.15, 0.2) is 14.9 Å². The average Bonchev–Trinajstić information content (AvgIpc) is 2.88. The van der Waals surface area contributed by atoms with Crippen molar-refractivity contribution in [2.24, 2.45) is 0 Å². The van der Waals surface area contributed by atoms with E-state index in [2.05, 4.69) is 10.1 Å². The lowest BCUT2D eigenvalue weighted by atomic mass is 10.2. The fourth-order valence-corrected chi connectivity index (χ4v) is 4.78. The molecular weight excluding hydrogens is 384 g/mol. The molecule has 26 heavy (non-hydrogen) atoms. The zero-order chi connectivity index (χ0) is 19.3. The van der Waals surface area contributed by atoms with Crippen molar-refractivity contribution < 1.29 is 21.9 Å². The van der Waals surface area contributed by atoms with Gasteiger partial charge in [0.05, 0.1) is 11.5 Å². The first kappa shape index (κ1) is 20.8. The van der Waals surface area contributed by atoms with E-state index in [1.807, 2.05) is 23.9 Å². The molecule has 10 heteroatoms. The van der Waals surface area contributed by atoms with Crippen molar-refractivity contribution in [1.29, 1.82) is 0 Å². The van der Waals surface area contributed by atoms with Crippen molar-refractivity contribution in [2.75, 3.05) is 44.0 Å². The summed E-state index contributed by atoms with van der Waals surface area (Å²) in [7, 11) is 0.832. The molecule has 0 unspecified atom stereocenters. The molecule has 146 valence electrons. The van der Waals surface area contributed by atoms with Crippen molar-refractivity contribution in [2.45, 2.75) is 19.1 Å². The van der Waals surface area contributed by atoms with Gasteiger partial charge in [-0.2, -0.15) is 8.78 Å². The SMILES string of the molecule is CN(C)CCN(C(=S)Nc1ccc(OC(F)F)cc1)[C@@H]1CCS(=O)(=O)C1. The monoisotopic (exact) mass is 407 g/mol. The molecule has 1 heterocycles. The van der Waals surface area contributed by atoms with E-state index in [-0.39, 0.29) is 23.3 Å². The third-order valence-corrected chi connectivity index (χ3v) is 6.12. The summed E-state index contributed by atoms with van der Waals surface area (Å²) in [5.41, 5.74) is 0.618. The van der Waals surface area contributed by atoms with Gasteiger partial charge >= 0.3 is 6.61 Å². The fourth-order valence-electron chi connectivity index (χ4n) is 2.69. The zero-order valence-corrected chi connectivity index (χ0v) is 16.3. The van der Waals surface area contributed by atoms with Gasteiger partial charge in [0.25, 0.3) is 0 Å². The predicted octanol–water partition coefficient (Wildman–Crippen LogP) is 2.04. The Labute approximate surface area is 158 Å². The number of benzene rings is 1. The minimum atomic E-state index is -3.03. The first-order chi connectivity index (χ1) is 12.2. The van der Waals surface area contributed by atoms with Crippen LogP contribution in [0.4, 0.5) is 14.5 Å². The second-order valence-electron chi connectivity index (χ2n) is 6.39. The summed E-state index contributed by atoms with van der Waals surface area (Å²) >= 11 is 5.47. The largest absolute Gasteiger partial charge is 0.435 e. The molecule has 0 aliphatic carbocycles. The van der Waals surface area contributed by atoms with Crippen LogP contribution in [0.5, 0.6) is 5.75 Å². The maximum Gasteiger partial charge on any atom is 0.387 e. The molecule has 0 radical (unpaired) electrons. The summed E-state index contributed by atoms with van der Waals surface area (Å²) in [5, 5.41) is 3.46. The smallest absolute Gasteiger partial charge is 0.387 e. The normalized spacial score (nSPS) is 18.9. The van der Waals surface area contributed by atoms with Gasteiger partial charge in [-0.3, -0.25) is 0 Å². The Hall–Kier alpha value is -1.52. The Balaban J connectivity index is 2.05. The van der Waals surface area contributed by atoms with Gasteiger partial charge in [0, 0.05) is 24.8 Å². The van der Waals surface area contributed by atoms with Gasteiger partial charge in [-0.1, -0.05) is 0 Å². The lowest BCUT2D eigenvalue weighted by Crippen LogP contribution is -2.46. The molecule has 0 bridgehead atoms. The van der Waals surface area contributed by atoms with Crippen molar-refractivity contribution in [1.82, 2.24) is 9.80 Å². The second kappa shape index (κ2) is 8.92. The Kier molecular flexibility index (Phi) is 7.13. The van der Waals surface area contributed by atoms with E-state index in [1.54, 1.807) is 12.1 Å². The summed E-state index contributed by atoms with van der Waals surface area (Å²) in [5.74, 6) is 0.310. The Morgan fingerprint density at radius 1 is 1.31 bits per heavy atom. The number of anilines is 1. The number of thiocarbonyl (C=S) groups is 1. The minimum Gasteiger partial charge on any atom is -0.435 e. The highest BCUT2D eigenvalue weighted by Crippen LogP contribution is 2.21. The molecule has 0 aromatic heterocycles. The third-order valence-electron chi connectivity index (χ3n) is 4.03. The van der Waals surface area contributed by atoms with Crippen molar-refractivity contribution in [3.63, 3.8) is 0 Å². The molecule has 1 aliphatic rings. The Bertz CT molecular complexity index is 712. The van der Waals surface area contributed by atoms with Gasteiger partial charge in [0.2, 0.25) is 0 Å². The highest BCUT2D eigenvalue weighted by Gasteiger charge is 2.33. The maximum absolute atomic E-state index is 12.2. The summed E-state index contributed by atoms with van der Waals surface area (Å²) in [6, 6.07) is 5.84. The summed E-state index contributed by atoms with van der Waals surface area (Å²) in [6.07, 6.45) is 0.540. The number of nitrogens with zero attached hydrogens (tertiary/aromatic N) is 2. The number of nitrogens with one attached hydrogen (secondary N) is 1. The van der Waals surface area contributed by atoms with Crippen LogP contribution in [0.15, 0.2) is 24.3 Å². The van der Waals surface area contributed by atoms with Gasteiger partial charge in [-0.05, 0) is 57.0 Å². The number of rotatable bonds is 7. The van der Waals surface area contributed by atoms with Gasteiger partial charge in [0.1, 0.15) is 5.75 Å². The lowest BCUT2D eigenvalue weighted by Gasteiger charge is -2.32. The molecule has 1 N–H and O–H groups in total. The zero-order valence-electron chi connectivity index (χ0n) is 14.7. The second-order valence-corrected chi connectivity index (χ2v) is 9.00.